The van der Waals surface area contributed by atoms with Crippen LogP contribution in [-0.4, -0.2) is 113 Å². The zero-order chi connectivity index (χ0) is 43.9. The summed E-state index contributed by atoms with van der Waals surface area (Å²) in [6, 6.07) is 23.1. The van der Waals surface area contributed by atoms with E-state index in [0.717, 1.165) is 124 Å². The lowest BCUT2D eigenvalue weighted by Gasteiger charge is -2.35. The Morgan fingerprint density at radius 2 is 1.57 bits per heavy atom. The summed E-state index contributed by atoms with van der Waals surface area (Å²) in [5.41, 5.74) is 14.3. The average Bonchev–Trinajstić information content (AvgIpc) is 3.61. The molecule has 8 rings (SSSR count). The van der Waals surface area contributed by atoms with Gasteiger partial charge < -0.3 is 25.5 Å². The van der Waals surface area contributed by atoms with E-state index in [9.17, 15) is 23.9 Å². The third kappa shape index (κ3) is 10.5. The number of benzene rings is 3. The number of aliphatic hydroxyl groups excluding tert-OH is 1. The summed E-state index contributed by atoms with van der Waals surface area (Å²) in [7, 11) is 0. The lowest BCUT2D eigenvalue weighted by molar-refractivity contribution is -0.136. The number of nitrogens with one attached hydrogen (secondary N) is 1. The fourth-order valence-corrected chi connectivity index (χ4v) is 9.90. The average molecular weight is 857 g/mol. The molecule has 13 heteroatoms. The van der Waals surface area contributed by atoms with Gasteiger partial charge in [0.05, 0.1) is 12.3 Å². The molecule has 4 aliphatic rings. The summed E-state index contributed by atoms with van der Waals surface area (Å²) in [5.74, 6) is 0.149. The second-order valence-electron chi connectivity index (χ2n) is 17.7. The van der Waals surface area contributed by atoms with Gasteiger partial charge in [0.1, 0.15) is 17.7 Å². The molecule has 0 radical (unpaired) electrons. The number of piperazine rings is 1. The Bertz CT molecular complexity index is 2300. The number of nitrogens with zero attached hydrogens (tertiary/aromatic N) is 6. The lowest BCUT2D eigenvalue weighted by Crippen LogP contribution is -2.52. The number of piperidine rings is 2. The molecule has 0 aliphatic carbocycles. The molecule has 12 nitrogen and oxygen atoms in total. The molecule has 5 heterocycles. The number of amides is 3. The van der Waals surface area contributed by atoms with Gasteiger partial charge in [-0.15, -0.1) is 0 Å². The number of carbonyl (C=O) groups is 3. The van der Waals surface area contributed by atoms with Crippen molar-refractivity contribution in [1.82, 2.24) is 30.0 Å². The standard InChI is InChI=1S/C50H61FN8O4/c1-34(52)47(37-13-7-5-8-14-37)48-53-43(32-45(54-48)58-25-23-57(24-26-58)27-28-60)38-15-10-12-35(29-38)11-6-3-2-4-9-20-56-21-18-36(19-22-56)40-30-39(51)31-41-42(40)33-59(50(41)63)44-16-17-46(61)55-49(44)62/h5,7-8,10,12-15,29-32,36,44,60H,2-4,6,9,11,16-28,33,52H2,1H3,(H,55,61,62). The first-order valence-electron chi connectivity index (χ1n) is 22.9. The number of aliphatic hydroxyl groups is 1. The molecule has 3 saturated heterocycles. The van der Waals surface area contributed by atoms with E-state index in [1.54, 1.807) is 6.07 Å². The second-order valence-corrected chi connectivity index (χ2v) is 17.7. The van der Waals surface area contributed by atoms with Gasteiger partial charge in [-0.25, -0.2) is 14.4 Å². The van der Waals surface area contributed by atoms with E-state index in [4.69, 9.17) is 15.7 Å². The van der Waals surface area contributed by atoms with Gasteiger partial charge in [0.15, 0.2) is 5.82 Å². The molecule has 0 bridgehead atoms. The minimum Gasteiger partial charge on any atom is -0.402 e. The number of nitrogens with two attached hydrogens (primary N) is 1. The van der Waals surface area contributed by atoms with E-state index < -0.39 is 17.8 Å². The summed E-state index contributed by atoms with van der Waals surface area (Å²) in [4.78, 5) is 56.5. The van der Waals surface area contributed by atoms with E-state index in [1.807, 2.05) is 37.3 Å². The zero-order valence-corrected chi connectivity index (χ0v) is 36.5. The summed E-state index contributed by atoms with van der Waals surface area (Å²) >= 11 is 0. The molecule has 0 spiro atoms. The number of carbonyl (C=O) groups excluding carboxylic acids is 3. The number of imide groups is 1. The molecular weight excluding hydrogens is 796 g/mol. The first kappa shape index (κ1) is 44.1. The van der Waals surface area contributed by atoms with Crippen molar-refractivity contribution in [1.29, 1.82) is 0 Å². The summed E-state index contributed by atoms with van der Waals surface area (Å²) in [6.45, 7) is 9.30. The van der Waals surface area contributed by atoms with Gasteiger partial charge in [-0.2, -0.15) is 0 Å². The zero-order valence-electron chi connectivity index (χ0n) is 36.5. The molecule has 1 aromatic heterocycles. The molecule has 3 fully saturated rings. The number of hydrogen-bond acceptors (Lipinski definition) is 10. The molecule has 3 amide bonds. The number of unbranched alkanes of at least 4 members (excludes halogenated alkanes) is 4. The van der Waals surface area contributed by atoms with Crippen LogP contribution in [0.3, 0.4) is 0 Å². The molecule has 1 atom stereocenters. The first-order chi connectivity index (χ1) is 30.6. The number of halogens is 1. The number of β-amino-alcohol motifs (C(OH)–C–C–N with tert-alkyl or cyclic N) is 1. The van der Waals surface area contributed by atoms with Crippen molar-refractivity contribution >= 4 is 29.1 Å². The highest BCUT2D eigenvalue weighted by Gasteiger charge is 2.41. The number of allylic oxidation sites excluding steroid dienone is 1. The Hall–Kier alpha value is -5.50. The number of rotatable bonds is 16. The predicted octanol–water partition coefficient (Wildman–Crippen LogP) is 6.27. The van der Waals surface area contributed by atoms with Gasteiger partial charge >= 0.3 is 0 Å². The Kier molecular flexibility index (Phi) is 14.2. The van der Waals surface area contributed by atoms with Crippen LogP contribution in [-0.2, 0) is 22.6 Å². The summed E-state index contributed by atoms with van der Waals surface area (Å²) in [6.07, 6.45) is 9.06. The van der Waals surface area contributed by atoms with Crippen LogP contribution in [0.15, 0.2) is 78.5 Å². The fraction of sp³-hybridized carbons (Fsp3) is 0.460. The molecule has 4 aliphatic heterocycles. The quantitative estimate of drug-likeness (QED) is 0.0871. The molecule has 4 aromatic rings. The van der Waals surface area contributed by atoms with Crippen molar-refractivity contribution in [3.05, 3.63) is 118 Å². The van der Waals surface area contributed by atoms with Gasteiger partial charge in [0.2, 0.25) is 11.8 Å². The third-order valence-electron chi connectivity index (χ3n) is 13.4. The molecule has 4 N–H and O–H groups in total. The van der Waals surface area contributed by atoms with Crippen molar-refractivity contribution in [3.63, 3.8) is 0 Å². The number of anilines is 1. The maximum absolute atomic E-state index is 14.9. The van der Waals surface area contributed by atoms with Crippen molar-refractivity contribution < 1.29 is 23.9 Å². The van der Waals surface area contributed by atoms with E-state index in [0.29, 0.717) is 30.1 Å². The third-order valence-corrected chi connectivity index (χ3v) is 13.4. The van der Waals surface area contributed by atoms with E-state index in [2.05, 4.69) is 50.3 Å². The van der Waals surface area contributed by atoms with Crippen LogP contribution < -0.4 is 16.0 Å². The van der Waals surface area contributed by atoms with Crippen molar-refractivity contribution in [2.75, 3.05) is 63.9 Å². The fourth-order valence-electron chi connectivity index (χ4n) is 9.90. The highest BCUT2D eigenvalue weighted by molar-refractivity contribution is 6.05. The Morgan fingerprint density at radius 1 is 0.825 bits per heavy atom. The largest absolute Gasteiger partial charge is 0.402 e. The number of likely N-dealkylation sites (tertiary alicyclic amines) is 1. The summed E-state index contributed by atoms with van der Waals surface area (Å²) in [5, 5.41) is 11.8. The van der Waals surface area contributed by atoms with Crippen molar-refractivity contribution in [2.24, 2.45) is 5.73 Å². The van der Waals surface area contributed by atoms with Crippen LogP contribution in [0.25, 0.3) is 16.8 Å². The molecule has 0 saturated carbocycles. The number of aryl methyl sites for hydroxylation is 1. The maximum Gasteiger partial charge on any atom is 0.255 e. The number of hydrogen-bond donors (Lipinski definition) is 3. The maximum atomic E-state index is 14.9. The SMILES string of the molecule is CC(N)=C(c1ccccc1)c1nc(-c2cccc(CCCCCCCN3CCC(c4cc(F)cc5c4CN(C4CCC(=O)NC4=O)C5=O)CC3)c2)cc(N2CCN(CCO)CC2)n1. The highest BCUT2D eigenvalue weighted by atomic mass is 19.1. The van der Waals surface area contributed by atoms with Crippen LogP contribution in [0.1, 0.15) is 109 Å². The first-order valence-corrected chi connectivity index (χ1v) is 22.9. The normalized spacial score (nSPS) is 19.3. The van der Waals surface area contributed by atoms with Crippen LogP contribution in [0.4, 0.5) is 10.2 Å². The minimum absolute atomic E-state index is 0.161. The molecule has 1 unspecified atom stereocenters. The van der Waals surface area contributed by atoms with E-state index in [1.165, 1.54) is 29.4 Å². The van der Waals surface area contributed by atoms with Crippen LogP contribution in [0.5, 0.6) is 0 Å². The van der Waals surface area contributed by atoms with Gasteiger partial charge in [-0.3, -0.25) is 24.6 Å². The molecule has 3 aromatic carbocycles. The molecule has 63 heavy (non-hydrogen) atoms. The van der Waals surface area contributed by atoms with Crippen LogP contribution in [0, 0.1) is 5.82 Å². The minimum atomic E-state index is -0.708. The topological polar surface area (TPSA) is 148 Å². The lowest BCUT2D eigenvalue weighted by atomic mass is 9.85. The second kappa shape index (κ2) is 20.3. The van der Waals surface area contributed by atoms with Crippen LogP contribution >= 0.6 is 0 Å². The number of aromatic nitrogens is 2. The van der Waals surface area contributed by atoms with E-state index in [-0.39, 0.29) is 37.3 Å². The smallest absolute Gasteiger partial charge is 0.255 e. The highest BCUT2D eigenvalue weighted by Crippen LogP contribution is 2.38. The number of fused-ring (bicyclic) bond motifs is 1. The Labute approximate surface area is 370 Å². The predicted molar refractivity (Wildman–Crippen MR) is 243 cm³/mol. The molecule has 332 valence electrons. The van der Waals surface area contributed by atoms with Gasteiger partial charge in [0.25, 0.3) is 5.91 Å². The Morgan fingerprint density at radius 3 is 2.32 bits per heavy atom. The van der Waals surface area contributed by atoms with Crippen molar-refractivity contribution in [2.45, 2.75) is 89.6 Å². The van der Waals surface area contributed by atoms with Crippen LogP contribution in [0.2, 0.25) is 0 Å². The van der Waals surface area contributed by atoms with Gasteiger partial charge in [-0.05, 0) is 111 Å². The van der Waals surface area contributed by atoms with E-state index >= 15 is 0 Å². The summed E-state index contributed by atoms with van der Waals surface area (Å²) < 4.78 is 14.9. The monoisotopic (exact) mass is 856 g/mol. The van der Waals surface area contributed by atoms with Gasteiger partial charge in [-0.1, -0.05) is 67.8 Å². The Balaban J connectivity index is 0.820. The van der Waals surface area contributed by atoms with Crippen molar-refractivity contribution in [3.8, 4) is 11.3 Å². The molecular formula is C50H61FN8O4. The van der Waals surface area contributed by atoms with Gasteiger partial charge in [0, 0.05) is 74.2 Å².